The average Bonchev–Trinajstić information content (AvgIpc) is 2.36. The van der Waals surface area contributed by atoms with Crippen LogP contribution >= 0.6 is 11.8 Å². The van der Waals surface area contributed by atoms with Crippen molar-refractivity contribution in [2.24, 2.45) is 0 Å². The van der Waals surface area contributed by atoms with Gasteiger partial charge in [0.15, 0.2) is 0 Å². The molecule has 1 fully saturated rings. The zero-order valence-corrected chi connectivity index (χ0v) is 12.8. The fraction of sp³-hybridized carbons (Fsp3) is 0.500. The number of nitro benzene ring substituents is 1. The first kappa shape index (κ1) is 15.8. The molecule has 21 heavy (non-hydrogen) atoms. The number of nitro groups is 1. The number of carboxylic acids is 1. The molecule has 7 heteroatoms. The van der Waals surface area contributed by atoms with E-state index in [1.54, 1.807) is 12.1 Å². The Morgan fingerprint density at radius 2 is 2.05 bits per heavy atom. The molecule has 0 aromatic heterocycles. The molecular weight excluding hydrogens is 292 g/mol. The highest BCUT2D eigenvalue weighted by Gasteiger charge is 2.27. The van der Waals surface area contributed by atoms with Crippen LogP contribution in [0, 0.1) is 10.1 Å². The fourth-order valence-corrected chi connectivity index (χ4v) is 4.16. The van der Waals surface area contributed by atoms with Crippen LogP contribution in [0.5, 0.6) is 0 Å². The van der Waals surface area contributed by atoms with Crippen molar-refractivity contribution in [1.82, 2.24) is 4.90 Å². The first-order valence-electron chi connectivity index (χ1n) is 6.76. The van der Waals surface area contributed by atoms with Gasteiger partial charge in [0, 0.05) is 36.2 Å². The van der Waals surface area contributed by atoms with Crippen molar-refractivity contribution in [1.29, 1.82) is 0 Å². The zero-order valence-electron chi connectivity index (χ0n) is 12.0. The molecule has 0 radical (unpaired) electrons. The molecule has 0 amide bonds. The van der Waals surface area contributed by atoms with E-state index in [0.29, 0.717) is 22.6 Å². The van der Waals surface area contributed by atoms with Crippen molar-refractivity contribution in [2.75, 3.05) is 13.1 Å². The van der Waals surface area contributed by atoms with Gasteiger partial charge >= 0.3 is 5.97 Å². The molecule has 1 aromatic rings. The minimum Gasteiger partial charge on any atom is -0.477 e. The van der Waals surface area contributed by atoms with Crippen molar-refractivity contribution in [3.05, 3.63) is 39.4 Å². The molecule has 1 aliphatic rings. The Kier molecular flexibility index (Phi) is 4.84. The molecule has 2 atom stereocenters. The molecule has 2 unspecified atom stereocenters. The zero-order chi connectivity index (χ0) is 15.6. The summed E-state index contributed by atoms with van der Waals surface area (Å²) in [6.45, 7) is 6.42. The average molecular weight is 310 g/mol. The number of thioether (sulfide) groups is 1. The largest absolute Gasteiger partial charge is 0.477 e. The molecule has 114 valence electrons. The molecule has 1 aliphatic heterocycles. The normalized spacial score (nSPS) is 23.0. The van der Waals surface area contributed by atoms with Gasteiger partial charge in [-0.05, 0) is 5.56 Å². The minimum absolute atomic E-state index is 0.193. The lowest BCUT2D eigenvalue weighted by Gasteiger charge is -2.34. The predicted molar refractivity (Wildman–Crippen MR) is 81.8 cm³/mol. The van der Waals surface area contributed by atoms with Crippen LogP contribution in [0.3, 0.4) is 0 Å². The second-order valence-electron chi connectivity index (χ2n) is 5.32. The van der Waals surface area contributed by atoms with Gasteiger partial charge in [0.05, 0.1) is 4.92 Å². The summed E-state index contributed by atoms with van der Waals surface area (Å²) in [7, 11) is 0. The Morgan fingerprint density at radius 3 is 2.57 bits per heavy atom. The second kappa shape index (κ2) is 6.44. The summed E-state index contributed by atoms with van der Waals surface area (Å²) in [5.74, 6) is -1.25. The van der Waals surface area contributed by atoms with Crippen LogP contribution in [0.15, 0.2) is 18.2 Å². The lowest BCUT2D eigenvalue weighted by Crippen LogP contribution is -2.40. The number of hydrogen-bond donors (Lipinski definition) is 1. The Balaban J connectivity index is 2.29. The van der Waals surface area contributed by atoms with Crippen LogP contribution in [0.2, 0.25) is 0 Å². The lowest BCUT2D eigenvalue weighted by atomic mass is 10.0. The summed E-state index contributed by atoms with van der Waals surface area (Å²) < 4.78 is 0. The maximum atomic E-state index is 11.4. The van der Waals surface area contributed by atoms with Crippen molar-refractivity contribution >= 4 is 23.4 Å². The van der Waals surface area contributed by atoms with Gasteiger partial charge in [0.2, 0.25) is 0 Å². The molecule has 2 rings (SSSR count). The van der Waals surface area contributed by atoms with Crippen molar-refractivity contribution in [2.45, 2.75) is 30.9 Å². The first-order valence-corrected chi connectivity index (χ1v) is 7.70. The van der Waals surface area contributed by atoms with E-state index >= 15 is 0 Å². The summed E-state index contributed by atoms with van der Waals surface area (Å²) in [6.07, 6.45) is 0. The number of aromatic carboxylic acids is 1. The number of benzene rings is 1. The standard InChI is InChI=1S/C14H18N2O4S/c1-9-6-15(7-10(2)21-9)8-11-4-3-5-12(16(19)20)13(11)14(17)18/h3-5,9-10H,6-8H2,1-2H3,(H,17,18). The van der Waals surface area contributed by atoms with Crippen molar-refractivity contribution in [3.63, 3.8) is 0 Å². The molecule has 0 bridgehead atoms. The number of hydrogen-bond acceptors (Lipinski definition) is 5. The van der Waals surface area contributed by atoms with Crippen LogP contribution in [0.25, 0.3) is 0 Å². The second-order valence-corrected chi connectivity index (χ2v) is 7.21. The lowest BCUT2D eigenvalue weighted by molar-refractivity contribution is -0.385. The van der Waals surface area contributed by atoms with Crippen LogP contribution < -0.4 is 0 Å². The van der Waals surface area contributed by atoms with Crippen LogP contribution in [-0.2, 0) is 6.54 Å². The molecule has 1 saturated heterocycles. The predicted octanol–water partition coefficient (Wildman–Crippen LogP) is 2.62. The SMILES string of the molecule is CC1CN(Cc2cccc([N+](=O)[O-])c2C(=O)O)CC(C)S1. The number of carboxylic acid groups (broad SMARTS) is 1. The molecule has 1 aromatic carbocycles. The molecule has 6 nitrogen and oxygen atoms in total. The number of nitrogens with zero attached hydrogens (tertiary/aromatic N) is 2. The third-order valence-corrected chi connectivity index (χ3v) is 4.66. The summed E-state index contributed by atoms with van der Waals surface area (Å²) in [4.78, 5) is 23.9. The Bertz CT molecular complexity index is 554. The summed E-state index contributed by atoms with van der Waals surface area (Å²) in [5, 5.41) is 21.2. The monoisotopic (exact) mass is 310 g/mol. The number of carbonyl (C=O) groups is 1. The Hall–Kier alpha value is -1.60. The van der Waals surface area contributed by atoms with E-state index < -0.39 is 10.9 Å². The van der Waals surface area contributed by atoms with E-state index in [4.69, 9.17) is 0 Å². The van der Waals surface area contributed by atoms with E-state index in [-0.39, 0.29) is 11.3 Å². The maximum absolute atomic E-state index is 11.4. The molecule has 1 heterocycles. The highest BCUT2D eigenvalue weighted by Crippen LogP contribution is 2.28. The third-order valence-electron chi connectivity index (χ3n) is 3.43. The van der Waals surface area contributed by atoms with E-state index in [1.807, 2.05) is 11.8 Å². The highest BCUT2D eigenvalue weighted by molar-refractivity contribution is 8.00. The molecule has 0 spiro atoms. The van der Waals surface area contributed by atoms with E-state index in [1.165, 1.54) is 6.07 Å². The van der Waals surface area contributed by atoms with Crippen molar-refractivity contribution in [3.8, 4) is 0 Å². The first-order chi connectivity index (χ1) is 9.88. The highest BCUT2D eigenvalue weighted by atomic mass is 32.2. The van der Waals surface area contributed by atoms with Gasteiger partial charge in [-0.15, -0.1) is 0 Å². The third kappa shape index (κ3) is 3.74. The van der Waals surface area contributed by atoms with Gasteiger partial charge in [-0.3, -0.25) is 15.0 Å². The molecule has 0 saturated carbocycles. The quantitative estimate of drug-likeness (QED) is 0.680. The topological polar surface area (TPSA) is 83.7 Å². The molecule has 0 aliphatic carbocycles. The van der Waals surface area contributed by atoms with Gasteiger partial charge in [-0.2, -0.15) is 11.8 Å². The van der Waals surface area contributed by atoms with Gasteiger partial charge in [0.1, 0.15) is 5.56 Å². The van der Waals surface area contributed by atoms with Gasteiger partial charge in [-0.25, -0.2) is 4.79 Å². The van der Waals surface area contributed by atoms with Crippen molar-refractivity contribution < 1.29 is 14.8 Å². The van der Waals surface area contributed by atoms with Crippen LogP contribution in [0.4, 0.5) is 5.69 Å². The smallest absolute Gasteiger partial charge is 0.343 e. The van der Waals surface area contributed by atoms with Gasteiger partial charge in [0.25, 0.3) is 5.69 Å². The Labute approximate surface area is 127 Å². The molecule has 1 N–H and O–H groups in total. The van der Waals surface area contributed by atoms with E-state index in [2.05, 4.69) is 18.7 Å². The van der Waals surface area contributed by atoms with Crippen LogP contribution in [-0.4, -0.2) is 44.5 Å². The van der Waals surface area contributed by atoms with Gasteiger partial charge < -0.3 is 5.11 Å². The fourth-order valence-electron chi connectivity index (χ4n) is 2.77. The Morgan fingerprint density at radius 1 is 1.43 bits per heavy atom. The van der Waals surface area contributed by atoms with Gasteiger partial charge in [-0.1, -0.05) is 26.0 Å². The maximum Gasteiger partial charge on any atom is 0.343 e. The summed E-state index contributed by atoms with van der Waals surface area (Å²) >= 11 is 1.91. The summed E-state index contributed by atoms with van der Waals surface area (Å²) in [6, 6.07) is 4.45. The number of rotatable bonds is 4. The summed E-state index contributed by atoms with van der Waals surface area (Å²) in [5.41, 5.74) is -0.0310. The van der Waals surface area contributed by atoms with Crippen LogP contribution in [0.1, 0.15) is 29.8 Å². The van der Waals surface area contributed by atoms with E-state index in [9.17, 15) is 20.0 Å². The van der Waals surface area contributed by atoms with E-state index in [0.717, 1.165) is 13.1 Å². The molecular formula is C14H18N2O4S. The minimum atomic E-state index is -1.25.